The molecule has 36 heteroatoms. The third kappa shape index (κ3) is 30.5. The van der Waals surface area contributed by atoms with Gasteiger partial charge in [-0.3, -0.25) is 33.6 Å². The van der Waals surface area contributed by atoms with Crippen molar-refractivity contribution in [3.63, 3.8) is 0 Å². The van der Waals surface area contributed by atoms with Crippen molar-refractivity contribution in [3.05, 3.63) is 0 Å². The first-order chi connectivity index (χ1) is 45.7. The Kier molecular flexibility index (Phi) is 38.9. The number of rotatable bonds is 45. The zero-order valence-corrected chi connectivity index (χ0v) is 55.8. The minimum Gasteiger partial charge on any atom is -0.394 e. The molecular weight excluding hydrogens is 1280 g/mol. The molecule has 0 aromatic heterocycles. The van der Waals surface area contributed by atoms with E-state index >= 15 is 0 Å². The van der Waals surface area contributed by atoms with Gasteiger partial charge < -0.3 is 145 Å². The van der Waals surface area contributed by atoms with Crippen LogP contribution in [0.5, 0.6) is 0 Å². The molecule has 16 N–H and O–H groups in total. The molecule has 15 atom stereocenters. The molecule has 1 aliphatic carbocycles. The van der Waals surface area contributed by atoms with Crippen molar-refractivity contribution in [2.75, 3.05) is 139 Å². The molecule has 3 saturated heterocycles. The number of carbonyl (C=O) groups is 7. The first-order valence-corrected chi connectivity index (χ1v) is 32.5. The summed E-state index contributed by atoms with van der Waals surface area (Å²) in [5.41, 5.74) is -1.83. The molecule has 15 unspecified atom stereocenters. The Morgan fingerprint density at radius 2 is 0.729 bits per heavy atom. The third-order valence-electron chi connectivity index (χ3n) is 15.5. The van der Waals surface area contributed by atoms with Gasteiger partial charge in [0.25, 0.3) is 0 Å². The molecule has 4 aliphatic rings. The molecular formula is C60H107N7O29. The molecule has 4 fully saturated rings. The van der Waals surface area contributed by atoms with Gasteiger partial charge in [0, 0.05) is 65.6 Å². The van der Waals surface area contributed by atoms with Crippen LogP contribution in [0, 0.1) is 5.92 Å². The maximum absolute atomic E-state index is 14.3. The van der Waals surface area contributed by atoms with Crippen molar-refractivity contribution < 1.29 is 141 Å². The Morgan fingerprint density at radius 1 is 0.417 bits per heavy atom. The second-order valence-corrected chi connectivity index (χ2v) is 24.7. The second kappa shape index (κ2) is 44.5. The Bertz CT molecular complexity index is 2090. The van der Waals surface area contributed by atoms with Crippen molar-refractivity contribution in [1.29, 1.82) is 0 Å². The van der Waals surface area contributed by atoms with Gasteiger partial charge in [-0.1, -0.05) is 0 Å². The summed E-state index contributed by atoms with van der Waals surface area (Å²) in [6.07, 6.45) is -14.2. The van der Waals surface area contributed by atoms with E-state index in [0.29, 0.717) is 25.7 Å². The molecule has 7 amide bonds. The van der Waals surface area contributed by atoms with Crippen LogP contribution in [0.15, 0.2) is 0 Å². The average Bonchev–Trinajstić information content (AvgIpc) is 0.840. The first-order valence-electron chi connectivity index (χ1n) is 32.5. The first kappa shape index (κ1) is 83.8. The van der Waals surface area contributed by atoms with Gasteiger partial charge in [0.15, 0.2) is 18.9 Å². The number of hydrogen-bond acceptors (Lipinski definition) is 29. The highest BCUT2D eigenvalue weighted by Crippen LogP contribution is 2.31. The largest absolute Gasteiger partial charge is 0.394 e. The number of nitrogens with one attached hydrogen (secondary N) is 7. The van der Waals surface area contributed by atoms with Gasteiger partial charge in [0.1, 0.15) is 78.6 Å². The summed E-state index contributed by atoms with van der Waals surface area (Å²) in [5, 5.41) is 110. The second-order valence-electron chi connectivity index (χ2n) is 24.7. The van der Waals surface area contributed by atoms with Gasteiger partial charge in [0.05, 0.1) is 131 Å². The summed E-state index contributed by atoms with van der Waals surface area (Å²) in [6, 6.07) is -3.39. The van der Waals surface area contributed by atoms with Crippen LogP contribution in [0.4, 0.5) is 0 Å². The van der Waals surface area contributed by atoms with Crippen LogP contribution < -0.4 is 37.2 Å². The molecule has 96 heavy (non-hydrogen) atoms. The zero-order valence-electron chi connectivity index (χ0n) is 55.8. The van der Waals surface area contributed by atoms with Gasteiger partial charge in [-0.25, -0.2) is 0 Å². The van der Waals surface area contributed by atoms with Gasteiger partial charge in [-0.05, 0) is 46.5 Å². The summed E-state index contributed by atoms with van der Waals surface area (Å²) < 4.78 is 74.8. The van der Waals surface area contributed by atoms with Gasteiger partial charge in [0.2, 0.25) is 41.4 Å². The Labute approximate surface area is 558 Å². The highest BCUT2D eigenvalue weighted by atomic mass is 16.7. The van der Waals surface area contributed by atoms with E-state index in [-0.39, 0.29) is 150 Å². The molecule has 3 aliphatic heterocycles. The SMILES string of the molecule is CC(=O)NC1C(OCCOCCNC(=O)CCOCC(COCCC(=O)NCCOCCOC2OC(CO)C(O)C(O)C2NC(C)=O)(COCCC(=O)NCCOCCOC2OC(CO)C(O)C(O)C2NC(C)=O)NC(=O)C2CCC(OC(C)(C)C)CC2)OC(CO)C(O)C1O. The van der Waals surface area contributed by atoms with Crippen molar-refractivity contribution >= 4 is 41.4 Å². The fraction of sp³-hybridized carbons (Fsp3) is 0.883. The third-order valence-corrected chi connectivity index (χ3v) is 15.5. The lowest BCUT2D eigenvalue weighted by atomic mass is 9.85. The van der Waals surface area contributed by atoms with Gasteiger partial charge in [-0.2, -0.15) is 0 Å². The van der Waals surface area contributed by atoms with Crippen LogP contribution in [0.2, 0.25) is 0 Å². The Morgan fingerprint density at radius 3 is 1.01 bits per heavy atom. The van der Waals surface area contributed by atoms with Gasteiger partial charge in [-0.15, -0.1) is 0 Å². The molecule has 4 rings (SSSR count). The number of carbonyl (C=O) groups excluding carboxylic acids is 7. The summed E-state index contributed by atoms with van der Waals surface area (Å²) in [6.45, 7) is 6.66. The molecule has 1 saturated carbocycles. The molecule has 0 radical (unpaired) electrons. The van der Waals surface area contributed by atoms with Crippen molar-refractivity contribution in [3.8, 4) is 0 Å². The topological polar surface area (TPSA) is 506 Å². The lowest BCUT2D eigenvalue weighted by molar-refractivity contribution is -0.272. The van der Waals surface area contributed by atoms with Crippen LogP contribution in [0.1, 0.15) is 86.5 Å². The predicted octanol–water partition coefficient (Wildman–Crippen LogP) is -7.29. The average molecular weight is 1390 g/mol. The fourth-order valence-electron chi connectivity index (χ4n) is 10.7. The number of ether oxygens (including phenoxy) is 13. The maximum Gasteiger partial charge on any atom is 0.223 e. The van der Waals surface area contributed by atoms with Crippen LogP contribution in [-0.2, 0) is 95.1 Å². The number of amides is 7. The van der Waals surface area contributed by atoms with E-state index < -0.39 is 164 Å². The van der Waals surface area contributed by atoms with Crippen LogP contribution in [-0.4, -0.2) is 335 Å². The monoisotopic (exact) mass is 1390 g/mol. The molecule has 0 bridgehead atoms. The lowest BCUT2D eigenvalue weighted by Gasteiger charge is -2.42. The van der Waals surface area contributed by atoms with E-state index in [4.69, 9.17) is 61.6 Å². The summed E-state index contributed by atoms with van der Waals surface area (Å²) >= 11 is 0. The van der Waals surface area contributed by atoms with E-state index in [2.05, 4.69) is 37.2 Å². The maximum atomic E-state index is 14.3. The fourth-order valence-corrected chi connectivity index (χ4v) is 10.7. The Hall–Kier alpha value is -4.59. The zero-order chi connectivity index (χ0) is 70.8. The highest BCUT2D eigenvalue weighted by Gasteiger charge is 2.48. The number of aliphatic hydroxyl groups excluding tert-OH is 9. The van der Waals surface area contributed by atoms with E-state index in [1.54, 1.807) is 0 Å². The molecule has 0 aromatic carbocycles. The van der Waals surface area contributed by atoms with Gasteiger partial charge >= 0.3 is 0 Å². The van der Waals surface area contributed by atoms with E-state index in [1.807, 2.05) is 20.8 Å². The standard InChI is InChI=1S/C60H107N7O29/c1-35(71)64-46-52(80)49(77)40(29-68)93-56(46)90-26-23-84-20-14-61-43(74)11-17-87-32-60(67-55(83)38-7-9-39(10-8-38)96-59(4,5)6,33-88-18-12-44(75)62-15-21-85-24-27-91-57-47(65-36(2)72)53(81)50(78)41(30-69)94-57)34-89-19-13-45(76)63-16-22-86-25-28-92-58-48(66-37(3)73)54(82)51(79)42(31-70)95-58/h38-42,46-54,56-58,68-70,77-82H,7-34H2,1-6H3,(H,61,74)(H,62,75)(H,63,76)(H,64,71)(H,65,72)(H,66,73)(H,67,83). The predicted molar refractivity (Wildman–Crippen MR) is 329 cm³/mol. The van der Waals surface area contributed by atoms with Crippen LogP contribution in [0.25, 0.3) is 0 Å². The lowest BCUT2D eigenvalue weighted by Crippen LogP contribution is -2.64. The van der Waals surface area contributed by atoms with Crippen LogP contribution >= 0.6 is 0 Å². The molecule has 3 heterocycles. The molecule has 0 aromatic rings. The molecule has 36 nitrogen and oxygen atoms in total. The smallest absolute Gasteiger partial charge is 0.223 e. The molecule has 0 spiro atoms. The van der Waals surface area contributed by atoms with E-state index in [0.717, 1.165) is 0 Å². The number of hydrogen-bond donors (Lipinski definition) is 16. The van der Waals surface area contributed by atoms with Crippen LogP contribution in [0.3, 0.4) is 0 Å². The van der Waals surface area contributed by atoms with E-state index in [9.17, 15) is 79.5 Å². The quantitative estimate of drug-likeness (QED) is 0.0252. The number of aliphatic hydroxyl groups is 9. The summed E-state index contributed by atoms with van der Waals surface area (Å²) in [7, 11) is 0. The summed E-state index contributed by atoms with van der Waals surface area (Å²) in [5.74, 6) is -3.53. The molecule has 556 valence electrons. The summed E-state index contributed by atoms with van der Waals surface area (Å²) in [4.78, 5) is 88.6. The minimum atomic E-state index is -1.49. The normalized spacial score (nSPS) is 29.1. The van der Waals surface area contributed by atoms with Crippen molar-refractivity contribution in [1.82, 2.24) is 37.2 Å². The van der Waals surface area contributed by atoms with E-state index in [1.165, 1.54) is 20.8 Å². The highest BCUT2D eigenvalue weighted by molar-refractivity contribution is 5.80. The Balaban J connectivity index is 1.32. The van der Waals surface area contributed by atoms with Crippen molar-refractivity contribution in [2.45, 2.75) is 196 Å². The minimum absolute atomic E-state index is 0.00145. The van der Waals surface area contributed by atoms with Crippen molar-refractivity contribution in [2.24, 2.45) is 5.92 Å².